The molecular formula is C16H22N2O3. The summed E-state index contributed by atoms with van der Waals surface area (Å²) in [5.41, 5.74) is 1.19. The second-order valence-corrected chi connectivity index (χ2v) is 5.79. The normalized spacial score (nSPS) is 15.8. The molecule has 5 heteroatoms. The number of benzene rings is 1. The molecule has 5 nitrogen and oxygen atoms in total. The first-order valence-electron chi connectivity index (χ1n) is 7.23. The highest BCUT2D eigenvalue weighted by Crippen LogP contribution is 2.32. The Morgan fingerprint density at radius 1 is 1.43 bits per heavy atom. The number of anilines is 1. The molecule has 0 radical (unpaired) electrons. The van der Waals surface area contributed by atoms with Gasteiger partial charge < -0.3 is 10.4 Å². The third-order valence-electron chi connectivity index (χ3n) is 3.63. The minimum absolute atomic E-state index is 0.0317. The number of carbonyl (C=O) groups excluding carboxylic acids is 2. The van der Waals surface area contributed by atoms with Gasteiger partial charge in [0, 0.05) is 17.8 Å². The topological polar surface area (TPSA) is 69.6 Å². The van der Waals surface area contributed by atoms with Gasteiger partial charge in [-0.05, 0) is 44.9 Å². The van der Waals surface area contributed by atoms with Crippen molar-refractivity contribution in [2.45, 2.75) is 25.9 Å². The number of Topliss-reactive ketones (excluding diaryl/α,β-unsaturated/α-hetero) is 1. The Morgan fingerprint density at radius 2 is 2.14 bits per heavy atom. The Kier molecular flexibility index (Phi) is 5.09. The van der Waals surface area contributed by atoms with Gasteiger partial charge in [-0.3, -0.25) is 14.5 Å². The SMILES string of the molecule is CC(=O)c1cccc(NC(=O)CN(C)CC(O)C2CC2)c1. The van der Waals surface area contributed by atoms with Crippen LogP contribution in [0.5, 0.6) is 0 Å². The van der Waals surface area contributed by atoms with Gasteiger partial charge in [-0.1, -0.05) is 12.1 Å². The van der Waals surface area contributed by atoms with Gasteiger partial charge in [-0.25, -0.2) is 0 Å². The summed E-state index contributed by atoms with van der Waals surface area (Å²) in [5, 5.41) is 12.6. The van der Waals surface area contributed by atoms with Gasteiger partial charge in [0.05, 0.1) is 12.6 Å². The molecule has 114 valence electrons. The van der Waals surface area contributed by atoms with Gasteiger partial charge in [0.2, 0.25) is 5.91 Å². The number of aliphatic hydroxyl groups is 1. The monoisotopic (exact) mass is 290 g/mol. The summed E-state index contributed by atoms with van der Waals surface area (Å²) in [6.45, 7) is 2.22. The van der Waals surface area contributed by atoms with E-state index in [2.05, 4.69) is 5.32 Å². The van der Waals surface area contributed by atoms with Crippen LogP contribution in [0.15, 0.2) is 24.3 Å². The van der Waals surface area contributed by atoms with E-state index in [0.29, 0.717) is 23.7 Å². The Hall–Kier alpha value is -1.72. The second kappa shape index (κ2) is 6.83. The fourth-order valence-electron chi connectivity index (χ4n) is 2.28. The molecule has 2 rings (SSSR count). The largest absolute Gasteiger partial charge is 0.392 e. The number of likely N-dealkylation sites (N-methyl/N-ethyl adjacent to an activating group) is 1. The number of carbonyl (C=O) groups is 2. The van der Waals surface area contributed by atoms with Crippen LogP contribution in [0.2, 0.25) is 0 Å². The first-order valence-corrected chi connectivity index (χ1v) is 7.23. The fourth-order valence-corrected chi connectivity index (χ4v) is 2.28. The van der Waals surface area contributed by atoms with Crippen molar-refractivity contribution in [1.82, 2.24) is 4.90 Å². The molecule has 1 amide bonds. The van der Waals surface area contributed by atoms with E-state index in [9.17, 15) is 14.7 Å². The fraction of sp³-hybridized carbons (Fsp3) is 0.500. The molecule has 0 heterocycles. The minimum Gasteiger partial charge on any atom is -0.392 e. The standard InChI is InChI=1S/C16H22N2O3/c1-11(19)13-4-3-5-14(8-13)17-16(21)10-18(2)9-15(20)12-6-7-12/h3-5,8,12,15,20H,6-7,9-10H2,1-2H3,(H,17,21). The lowest BCUT2D eigenvalue weighted by molar-refractivity contribution is -0.117. The third-order valence-corrected chi connectivity index (χ3v) is 3.63. The van der Waals surface area contributed by atoms with E-state index < -0.39 is 0 Å². The highest BCUT2D eigenvalue weighted by atomic mass is 16.3. The van der Waals surface area contributed by atoms with Crippen molar-refractivity contribution in [3.63, 3.8) is 0 Å². The van der Waals surface area contributed by atoms with Crippen molar-refractivity contribution in [2.75, 3.05) is 25.5 Å². The van der Waals surface area contributed by atoms with E-state index in [1.54, 1.807) is 24.3 Å². The van der Waals surface area contributed by atoms with E-state index >= 15 is 0 Å². The number of ketones is 1. The summed E-state index contributed by atoms with van der Waals surface area (Å²) in [6.07, 6.45) is 1.82. The predicted molar refractivity (Wildman–Crippen MR) is 81.3 cm³/mol. The Bertz CT molecular complexity index is 526. The summed E-state index contributed by atoms with van der Waals surface area (Å²) in [5.74, 6) is 0.222. The summed E-state index contributed by atoms with van der Waals surface area (Å²) in [6, 6.07) is 6.88. The minimum atomic E-state index is -0.344. The van der Waals surface area contributed by atoms with Gasteiger partial charge in [0.25, 0.3) is 0 Å². The lowest BCUT2D eigenvalue weighted by Crippen LogP contribution is -2.36. The van der Waals surface area contributed by atoms with Gasteiger partial charge in [-0.2, -0.15) is 0 Å². The van der Waals surface area contributed by atoms with Crippen molar-refractivity contribution in [3.05, 3.63) is 29.8 Å². The maximum atomic E-state index is 12.0. The molecule has 0 bridgehead atoms. The molecule has 1 unspecified atom stereocenters. The maximum absolute atomic E-state index is 12.0. The van der Waals surface area contributed by atoms with Crippen LogP contribution in [0.25, 0.3) is 0 Å². The molecule has 0 aliphatic heterocycles. The van der Waals surface area contributed by atoms with Crippen molar-refractivity contribution in [3.8, 4) is 0 Å². The molecule has 1 atom stereocenters. The summed E-state index contributed by atoms with van der Waals surface area (Å²) < 4.78 is 0. The molecule has 0 spiro atoms. The highest BCUT2D eigenvalue weighted by molar-refractivity contribution is 5.97. The molecule has 0 saturated heterocycles. The van der Waals surface area contributed by atoms with E-state index in [0.717, 1.165) is 12.8 Å². The molecule has 1 aliphatic rings. The lowest BCUT2D eigenvalue weighted by atomic mass is 10.1. The summed E-state index contributed by atoms with van der Waals surface area (Å²) in [4.78, 5) is 25.1. The number of amides is 1. The van der Waals surface area contributed by atoms with Gasteiger partial charge in [0.15, 0.2) is 5.78 Å². The molecule has 1 fully saturated rings. The summed E-state index contributed by atoms with van der Waals surface area (Å²) >= 11 is 0. The number of hydrogen-bond donors (Lipinski definition) is 2. The smallest absolute Gasteiger partial charge is 0.238 e. The van der Waals surface area contributed by atoms with E-state index in [-0.39, 0.29) is 24.3 Å². The van der Waals surface area contributed by atoms with Crippen molar-refractivity contribution in [2.24, 2.45) is 5.92 Å². The second-order valence-electron chi connectivity index (χ2n) is 5.79. The molecular weight excluding hydrogens is 268 g/mol. The van der Waals surface area contributed by atoms with Crippen LogP contribution in [0.1, 0.15) is 30.1 Å². The predicted octanol–water partition coefficient (Wildman–Crippen LogP) is 1.53. The van der Waals surface area contributed by atoms with Crippen LogP contribution in [-0.4, -0.2) is 47.9 Å². The Labute approximate surface area is 125 Å². The van der Waals surface area contributed by atoms with Gasteiger partial charge >= 0.3 is 0 Å². The van der Waals surface area contributed by atoms with Crippen LogP contribution in [-0.2, 0) is 4.79 Å². The average molecular weight is 290 g/mol. The van der Waals surface area contributed by atoms with Crippen LogP contribution in [0.3, 0.4) is 0 Å². The van der Waals surface area contributed by atoms with Gasteiger partial charge in [0.1, 0.15) is 0 Å². The quantitative estimate of drug-likeness (QED) is 0.747. The van der Waals surface area contributed by atoms with Crippen molar-refractivity contribution in [1.29, 1.82) is 0 Å². The zero-order chi connectivity index (χ0) is 15.4. The lowest BCUT2D eigenvalue weighted by Gasteiger charge is -2.19. The summed E-state index contributed by atoms with van der Waals surface area (Å²) in [7, 11) is 1.82. The van der Waals surface area contributed by atoms with Crippen LogP contribution < -0.4 is 5.32 Å². The van der Waals surface area contributed by atoms with Gasteiger partial charge in [-0.15, -0.1) is 0 Å². The zero-order valence-electron chi connectivity index (χ0n) is 12.5. The first kappa shape index (κ1) is 15.7. The van der Waals surface area contributed by atoms with Crippen LogP contribution >= 0.6 is 0 Å². The zero-order valence-corrected chi connectivity index (χ0v) is 12.5. The van der Waals surface area contributed by atoms with E-state index in [1.165, 1.54) is 6.92 Å². The van der Waals surface area contributed by atoms with Crippen LogP contribution in [0.4, 0.5) is 5.69 Å². The first-order chi connectivity index (χ1) is 9.95. The third kappa shape index (κ3) is 4.95. The van der Waals surface area contributed by atoms with Crippen molar-refractivity contribution < 1.29 is 14.7 Å². The number of hydrogen-bond acceptors (Lipinski definition) is 4. The molecule has 1 saturated carbocycles. The molecule has 2 N–H and O–H groups in total. The molecule has 0 aromatic heterocycles. The molecule has 1 aromatic rings. The van der Waals surface area contributed by atoms with E-state index in [4.69, 9.17) is 0 Å². The number of rotatable bonds is 7. The van der Waals surface area contributed by atoms with Crippen LogP contribution in [0, 0.1) is 5.92 Å². The maximum Gasteiger partial charge on any atom is 0.238 e. The Balaban J connectivity index is 1.83. The number of nitrogens with one attached hydrogen (secondary N) is 1. The van der Waals surface area contributed by atoms with Crippen molar-refractivity contribution >= 4 is 17.4 Å². The number of aliphatic hydroxyl groups excluding tert-OH is 1. The Morgan fingerprint density at radius 3 is 2.76 bits per heavy atom. The molecule has 1 aromatic carbocycles. The highest BCUT2D eigenvalue weighted by Gasteiger charge is 2.30. The average Bonchev–Trinajstić information content (AvgIpc) is 3.22. The number of nitrogens with zero attached hydrogens (tertiary/aromatic N) is 1. The van der Waals surface area contributed by atoms with E-state index in [1.807, 2.05) is 11.9 Å². The molecule has 21 heavy (non-hydrogen) atoms. The molecule has 1 aliphatic carbocycles.